The van der Waals surface area contributed by atoms with Crippen molar-refractivity contribution in [3.63, 3.8) is 0 Å². The maximum atomic E-state index is 11.2. The maximum Gasteiger partial charge on any atom is 0.121 e. The van der Waals surface area contributed by atoms with Gasteiger partial charge < -0.3 is 0 Å². The topological polar surface area (TPSA) is 53.3 Å². The molecular weight excluding hydrogens is 292 g/mol. The quantitative estimate of drug-likeness (QED) is 0.821. The van der Waals surface area contributed by atoms with Gasteiger partial charge in [-0.05, 0) is 28.8 Å². The van der Waals surface area contributed by atoms with E-state index in [1.807, 2.05) is 36.4 Å². The Balaban J connectivity index is 2.25. The van der Waals surface area contributed by atoms with Crippen LogP contribution in [0.2, 0.25) is 5.02 Å². The molecular formula is C15H15ClN2OS. The molecule has 0 bridgehead atoms. The zero-order chi connectivity index (χ0) is 14.5. The van der Waals surface area contributed by atoms with Crippen molar-refractivity contribution in [1.82, 2.24) is 0 Å². The Morgan fingerprint density at radius 3 is 2.05 bits per heavy atom. The molecule has 0 spiro atoms. The minimum atomic E-state index is -0.849. The molecule has 0 aliphatic rings. The summed E-state index contributed by atoms with van der Waals surface area (Å²) in [5.41, 5.74) is 10.3. The average Bonchev–Trinajstić information content (AvgIpc) is 2.43. The van der Waals surface area contributed by atoms with Crippen molar-refractivity contribution in [3.05, 3.63) is 70.2 Å². The van der Waals surface area contributed by atoms with Crippen LogP contribution in [0, 0.1) is 5.53 Å². The molecule has 0 heterocycles. The highest BCUT2D eigenvalue weighted by atomic mass is 35.5. The van der Waals surface area contributed by atoms with Crippen molar-refractivity contribution in [2.24, 2.45) is 5.11 Å². The molecule has 0 saturated carbocycles. The second-order valence-corrected chi connectivity index (χ2v) is 6.41. The van der Waals surface area contributed by atoms with Crippen molar-refractivity contribution in [2.75, 3.05) is 6.26 Å². The van der Waals surface area contributed by atoms with Gasteiger partial charge in [0.1, 0.15) is 6.04 Å². The molecule has 2 aromatic carbocycles. The third kappa shape index (κ3) is 3.74. The van der Waals surface area contributed by atoms with Gasteiger partial charge in [0.05, 0.1) is 0 Å². The monoisotopic (exact) mass is 306 g/mol. The highest BCUT2D eigenvalue weighted by Gasteiger charge is 2.12. The Kier molecular flexibility index (Phi) is 5.04. The lowest BCUT2D eigenvalue weighted by molar-refractivity contribution is 0.686. The van der Waals surface area contributed by atoms with E-state index in [1.54, 1.807) is 18.4 Å². The van der Waals surface area contributed by atoms with Crippen LogP contribution in [0.3, 0.4) is 0 Å². The van der Waals surface area contributed by atoms with Crippen LogP contribution >= 0.6 is 11.6 Å². The lowest BCUT2D eigenvalue weighted by Gasteiger charge is -2.12. The summed E-state index contributed by atoms with van der Waals surface area (Å²) in [4.78, 5) is 0. The standard InChI is InChI=1S/C15H15ClN2OS/c1-20(19)10-11-2-4-12(5-3-11)15(18-17)13-6-8-14(16)9-7-13/h2-9,15,17H,10H2,1H3. The van der Waals surface area contributed by atoms with Crippen molar-refractivity contribution in [1.29, 1.82) is 5.53 Å². The number of benzene rings is 2. The predicted octanol–water partition coefficient (Wildman–Crippen LogP) is 4.34. The van der Waals surface area contributed by atoms with Crippen molar-refractivity contribution >= 4 is 22.4 Å². The van der Waals surface area contributed by atoms with E-state index in [-0.39, 0.29) is 6.04 Å². The maximum absolute atomic E-state index is 11.2. The van der Waals surface area contributed by atoms with Crippen LogP contribution in [0.5, 0.6) is 0 Å². The van der Waals surface area contributed by atoms with Gasteiger partial charge in [0.25, 0.3) is 0 Å². The fourth-order valence-corrected chi connectivity index (χ4v) is 2.81. The van der Waals surface area contributed by atoms with Crippen LogP contribution in [0.4, 0.5) is 0 Å². The lowest BCUT2D eigenvalue weighted by Crippen LogP contribution is -1.98. The predicted molar refractivity (Wildman–Crippen MR) is 82.7 cm³/mol. The molecule has 0 aromatic heterocycles. The van der Waals surface area contributed by atoms with Crippen LogP contribution < -0.4 is 0 Å². The van der Waals surface area contributed by atoms with E-state index in [0.29, 0.717) is 10.8 Å². The molecule has 2 unspecified atom stereocenters. The van der Waals surface area contributed by atoms with Crippen molar-refractivity contribution in [2.45, 2.75) is 11.8 Å². The summed E-state index contributed by atoms with van der Waals surface area (Å²) in [6.07, 6.45) is 1.68. The van der Waals surface area contributed by atoms with E-state index < -0.39 is 10.8 Å². The van der Waals surface area contributed by atoms with Crippen LogP contribution in [0.15, 0.2) is 53.6 Å². The number of hydrogen-bond donors (Lipinski definition) is 1. The first-order valence-corrected chi connectivity index (χ1v) is 8.21. The first-order valence-electron chi connectivity index (χ1n) is 6.11. The molecule has 20 heavy (non-hydrogen) atoms. The molecule has 0 aliphatic carbocycles. The minimum Gasteiger partial charge on any atom is -0.260 e. The highest BCUT2D eigenvalue weighted by molar-refractivity contribution is 7.83. The first-order chi connectivity index (χ1) is 9.60. The first kappa shape index (κ1) is 14.9. The molecule has 104 valence electrons. The van der Waals surface area contributed by atoms with Gasteiger partial charge in [0.15, 0.2) is 0 Å². The normalized spacial score (nSPS) is 13.7. The Morgan fingerprint density at radius 2 is 1.60 bits per heavy atom. The number of nitrogens with one attached hydrogen (secondary N) is 1. The van der Waals surface area contributed by atoms with Crippen LogP contribution in [0.25, 0.3) is 0 Å². The molecule has 3 nitrogen and oxygen atoms in total. The van der Waals surface area contributed by atoms with Gasteiger partial charge >= 0.3 is 0 Å². The summed E-state index contributed by atoms with van der Waals surface area (Å²) < 4.78 is 11.2. The van der Waals surface area contributed by atoms with Gasteiger partial charge in [0, 0.05) is 27.8 Å². The molecule has 0 aliphatic heterocycles. The Labute approximate surface area is 125 Å². The molecule has 2 rings (SSSR count). The highest BCUT2D eigenvalue weighted by Crippen LogP contribution is 2.27. The molecule has 2 aromatic rings. The molecule has 5 heteroatoms. The molecule has 0 saturated heterocycles. The molecule has 2 atom stereocenters. The van der Waals surface area contributed by atoms with Gasteiger partial charge in [-0.3, -0.25) is 4.21 Å². The van der Waals surface area contributed by atoms with E-state index in [4.69, 9.17) is 17.1 Å². The smallest absolute Gasteiger partial charge is 0.121 e. The van der Waals surface area contributed by atoms with E-state index in [1.165, 1.54) is 0 Å². The molecule has 0 radical (unpaired) electrons. The largest absolute Gasteiger partial charge is 0.260 e. The summed E-state index contributed by atoms with van der Waals surface area (Å²) in [5.74, 6) is 0.546. The minimum absolute atomic E-state index is 0.326. The summed E-state index contributed by atoms with van der Waals surface area (Å²) in [7, 11) is -0.849. The summed E-state index contributed by atoms with van der Waals surface area (Å²) in [6.45, 7) is 0. The van der Waals surface area contributed by atoms with E-state index >= 15 is 0 Å². The number of rotatable bonds is 5. The molecule has 0 amide bonds. The van der Waals surface area contributed by atoms with E-state index in [0.717, 1.165) is 16.7 Å². The number of hydrogen-bond acceptors (Lipinski definition) is 3. The third-order valence-corrected chi connectivity index (χ3v) is 3.97. The SMILES string of the molecule is CS(=O)Cc1ccc(C(N=N)c2ccc(Cl)cc2)cc1. The zero-order valence-corrected chi connectivity index (χ0v) is 12.6. The number of halogens is 1. The second-order valence-electron chi connectivity index (χ2n) is 4.54. The fourth-order valence-electron chi connectivity index (χ4n) is 2.02. The van der Waals surface area contributed by atoms with Crippen LogP contribution in [-0.4, -0.2) is 10.5 Å². The Morgan fingerprint density at radius 1 is 1.10 bits per heavy atom. The van der Waals surface area contributed by atoms with Crippen molar-refractivity contribution < 1.29 is 4.21 Å². The molecule has 0 fully saturated rings. The van der Waals surface area contributed by atoms with Crippen LogP contribution in [-0.2, 0) is 16.6 Å². The van der Waals surface area contributed by atoms with Gasteiger partial charge in [-0.1, -0.05) is 48.0 Å². The van der Waals surface area contributed by atoms with Gasteiger partial charge in [-0.25, -0.2) is 5.53 Å². The zero-order valence-electron chi connectivity index (χ0n) is 11.0. The van der Waals surface area contributed by atoms with E-state index in [9.17, 15) is 4.21 Å². The fraction of sp³-hybridized carbons (Fsp3) is 0.200. The van der Waals surface area contributed by atoms with Crippen LogP contribution in [0.1, 0.15) is 22.7 Å². The average molecular weight is 307 g/mol. The van der Waals surface area contributed by atoms with E-state index in [2.05, 4.69) is 5.11 Å². The number of nitrogens with zero attached hydrogens (tertiary/aromatic N) is 1. The van der Waals surface area contributed by atoms with Crippen molar-refractivity contribution in [3.8, 4) is 0 Å². The van der Waals surface area contributed by atoms with Gasteiger partial charge in [-0.15, -0.1) is 0 Å². The summed E-state index contributed by atoms with van der Waals surface area (Å²) in [5, 5.41) is 4.36. The Hall–Kier alpha value is -1.52. The summed E-state index contributed by atoms with van der Waals surface area (Å²) >= 11 is 5.87. The second kappa shape index (κ2) is 6.77. The molecule has 1 N–H and O–H groups in total. The lowest BCUT2D eigenvalue weighted by atomic mass is 9.99. The van der Waals surface area contributed by atoms with Gasteiger partial charge in [-0.2, -0.15) is 5.11 Å². The third-order valence-electron chi connectivity index (χ3n) is 2.98. The Bertz CT molecular complexity index is 611. The van der Waals surface area contributed by atoms with Gasteiger partial charge in [0.2, 0.25) is 0 Å². The summed E-state index contributed by atoms with van der Waals surface area (Å²) in [6, 6.07) is 14.7.